The molecular weight excluding hydrogens is 689 g/mol. The molecule has 12 nitrogen and oxygen atoms in total. The minimum atomic E-state index is -2.52. The van der Waals surface area contributed by atoms with Crippen molar-refractivity contribution in [1.29, 1.82) is 0 Å². The molecule has 0 amide bonds. The third kappa shape index (κ3) is 5.96. The normalized spacial score (nSPS) is 35.1. The van der Waals surface area contributed by atoms with Gasteiger partial charge in [-0.2, -0.15) is 0 Å². The van der Waals surface area contributed by atoms with Gasteiger partial charge in [-0.3, -0.25) is 9.59 Å². The molecule has 0 unspecified atom stereocenters. The number of hydrogen-bond acceptors (Lipinski definition) is 12. The van der Waals surface area contributed by atoms with Crippen molar-refractivity contribution in [2.45, 2.75) is 128 Å². The van der Waals surface area contributed by atoms with Crippen LogP contribution in [-0.4, -0.2) is 97.7 Å². The van der Waals surface area contributed by atoms with E-state index in [1.54, 1.807) is 39.8 Å². The molecule has 9 atom stereocenters. The predicted molar refractivity (Wildman–Crippen MR) is 192 cm³/mol. The molecule has 1 heterocycles. The first-order valence-electron chi connectivity index (χ1n) is 18.2. The molecular formula is C39H54O12Si. The number of aliphatic hydroxyl groups excluding tert-OH is 1. The molecule has 286 valence electrons. The lowest BCUT2D eigenvalue weighted by atomic mass is 9.44. The summed E-state index contributed by atoms with van der Waals surface area (Å²) in [6.45, 7) is 17.4. The molecule has 2 bridgehead atoms. The van der Waals surface area contributed by atoms with Crippen LogP contribution in [0.5, 0.6) is 5.75 Å². The molecule has 1 aromatic rings. The van der Waals surface area contributed by atoms with E-state index in [1.165, 1.54) is 26.2 Å². The van der Waals surface area contributed by atoms with Crippen molar-refractivity contribution < 1.29 is 57.5 Å². The Morgan fingerprint density at radius 1 is 1.10 bits per heavy atom. The van der Waals surface area contributed by atoms with Crippen molar-refractivity contribution in [3.8, 4) is 5.75 Å². The van der Waals surface area contributed by atoms with Gasteiger partial charge < -0.3 is 38.3 Å². The van der Waals surface area contributed by atoms with Crippen LogP contribution in [0.25, 0.3) is 0 Å². The Hall–Kier alpha value is -3.36. The lowest BCUT2D eigenvalue weighted by Gasteiger charge is -2.68. The second-order valence-corrected chi connectivity index (χ2v) is 20.2. The molecule has 3 fully saturated rings. The Morgan fingerprint density at radius 2 is 1.75 bits per heavy atom. The number of ether oxygens (including phenoxy) is 5. The fourth-order valence-corrected chi connectivity index (χ4v) is 12.4. The molecule has 52 heavy (non-hydrogen) atoms. The molecule has 4 aliphatic rings. The number of hydrogen-bond donors (Lipinski definition) is 2. The Morgan fingerprint density at radius 3 is 2.29 bits per heavy atom. The smallest absolute Gasteiger partial charge is 0.338 e. The minimum Gasteiger partial charge on any atom is -0.497 e. The topological polar surface area (TPSA) is 164 Å². The maximum atomic E-state index is 15.8. The molecule has 3 aliphatic carbocycles. The number of aliphatic hydroxyl groups is 2. The number of benzene rings is 1. The lowest BCUT2D eigenvalue weighted by molar-refractivity contribution is -0.344. The first-order valence-corrected chi connectivity index (χ1v) is 20.7. The van der Waals surface area contributed by atoms with Gasteiger partial charge in [-0.1, -0.05) is 47.3 Å². The van der Waals surface area contributed by atoms with E-state index >= 15 is 4.79 Å². The standard InChI is InChI=1S/C39H54O12Si/c1-11-29(42)50-38-21-47-28(38)19-27(51-52(12-2,13-3)14-4)37(9)32(38)34(49-35(44)24-16-15-17-25(18-24)46-10)39(45)20-26(41)22(5)30(36(39,7)8)31(33(37)43)48-23(6)40/h11,15-18,26-28,31-32,34,41,45H,1,12-14,19-21H2,2-10H3/t26-,27-,28+,31+,32-,34-,37+,38-,39+/m0/s1. The third-order valence-corrected chi connectivity index (χ3v) is 17.6. The van der Waals surface area contributed by atoms with Crippen LogP contribution < -0.4 is 4.74 Å². The van der Waals surface area contributed by atoms with E-state index in [1.807, 2.05) is 0 Å². The largest absolute Gasteiger partial charge is 0.497 e. The summed E-state index contributed by atoms with van der Waals surface area (Å²) in [6.07, 6.45) is -5.41. The fraction of sp³-hybridized carbons (Fsp3) is 0.641. The molecule has 0 radical (unpaired) electrons. The van der Waals surface area contributed by atoms with Crippen LogP contribution in [-0.2, 0) is 37.8 Å². The first-order chi connectivity index (χ1) is 24.4. The first kappa shape index (κ1) is 39.8. The Balaban J connectivity index is 1.89. The average molecular weight is 743 g/mol. The zero-order valence-electron chi connectivity index (χ0n) is 31.8. The van der Waals surface area contributed by atoms with Crippen molar-refractivity contribution >= 4 is 32.0 Å². The van der Waals surface area contributed by atoms with Crippen molar-refractivity contribution in [3.63, 3.8) is 0 Å². The summed E-state index contributed by atoms with van der Waals surface area (Å²) in [4.78, 5) is 56.3. The number of methoxy groups -OCH3 is 1. The second-order valence-electron chi connectivity index (χ2n) is 15.5. The van der Waals surface area contributed by atoms with E-state index in [0.717, 1.165) is 24.2 Å². The summed E-state index contributed by atoms with van der Waals surface area (Å²) in [7, 11) is -1.06. The van der Waals surface area contributed by atoms with E-state index in [4.69, 9.17) is 28.1 Å². The number of esters is 3. The monoisotopic (exact) mass is 742 g/mol. The summed E-state index contributed by atoms with van der Waals surface area (Å²) in [5, 5.41) is 25.0. The van der Waals surface area contributed by atoms with Gasteiger partial charge in [-0.25, -0.2) is 9.59 Å². The highest BCUT2D eigenvalue weighted by Crippen LogP contribution is 2.65. The molecule has 1 saturated heterocycles. The van der Waals surface area contributed by atoms with E-state index in [0.29, 0.717) is 11.3 Å². The van der Waals surface area contributed by atoms with Gasteiger partial charge in [-0.05, 0) is 61.3 Å². The van der Waals surface area contributed by atoms with Crippen molar-refractivity contribution in [3.05, 3.63) is 53.6 Å². The van der Waals surface area contributed by atoms with Gasteiger partial charge in [0.05, 0.1) is 42.8 Å². The molecule has 2 N–H and O–H groups in total. The molecule has 0 aromatic heterocycles. The fourth-order valence-electron chi connectivity index (χ4n) is 9.49. The number of ketones is 1. The molecule has 2 saturated carbocycles. The number of carbonyl (C=O) groups is 4. The predicted octanol–water partition coefficient (Wildman–Crippen LogP) is 4.86. The van der Waals surface area contributed by atoms with Gasteiger partial charge in [0, 0.05) is 31.3 Å². The summed E-state index contributed by atoms with van der Waals surface area (Å²) < 4.78 is 37.4. The van der Waals surface area contributed by atoms with Crippen LogP contribution in [0.3, 0.4) is 0 Å². The average Bonchev–Trinajstić information content (AvgIpc) is 3.11. The number of Topliss-reactive ketones (excluding diaryl/α,β-unsaturated/α-hetero) is 1. The van der Waals surface area contributed by atoms with Crippen molar-refractivity contribution in [1.82, 2.24) is 0 Å². The van der Waals surface area contributed by atoms with E-state index in [2.05, 4.69) is 27.4 Å². The van der Waals surface area contributed by atoms with Crippen LogP contribution in [0.2, 0.25) is 18.1 Å². The molecule has 1 aliphatic heterocycles. The van der Waals surface area contributed by atoms with Gasteiger partial charge in [0.15, 0.2) is 25.8 Å². The Labute approximate surface area is 306 Å². The molecule has 13 heteroatoms. The zero-order valence-corrected chi connectivity index (χ0v) is 32.8. The highest BCUT2D eigenvalue weighted by Gasteiger charge is 2.78. The van der Waals surface area contributed by atoms with Crippen LogP contribution in [0.4, 0.5) is 0 Å². The lowest BCUT2D eigenvalue weighted by Crippen LogP contribution is -2.82. The van der Waals surface area contributed by atoms with Crippen LogP contribution in [0.1, 0.15) is 78.6 Å². The van der Waals surface area contributed by atoms with Crippen molar-refractivity contribution in [2.75, 3.05) is 13.7 Å². The maximum Gasteiger partial charge on any atom is 0.338 e. The zero-order chi connectivity index (χ0) is 38.6. The van der Waals surface area contributed by atoms with Gasteiger partial charge in [0.25, 0.3) is 0 Å². The van der Waals surface area contributed by atoms with Gasteiger partial charge >= 0.3 is 17.9 Å². The van der Waals surface area contributed by atoms with Crippen molar-refractivity contribution in [2.24, 2.45) is 16.7 Å². The summed E-state index contributed by atoms with van der Waals surface area (Å²) in [5.74, 6) is -3.90. The number of carbonyl (C=O) groups excluding carboxylic acids is 4. The van der Waals surface area contributed by atoms with Crippen LogP contribution in [0, 0.1) is 16.7 Å². The second kappa shape index (κ2) is 14.1. The summed E-state index contributed by atoms with van der Waals surface area (Å²) in [6, 6.07) is 8.53. The maximum absolute atomic E-state index is 15.8. The van der Waals surface area contributed by atoms with Gasteiger partial charge in [0.1, 0.15) is 23.6 Å². The Bertz CT molecular complexity index is 1640. The van der Waals surface area contributed by atoms with Crippen LogP contribution in [0.15, 0.2) is 48.1 Å². The van der Waals surface area contributed by atoms with Crippen LogP contribution >= 0.6 is 0 Å². The molecule has 5 rings (SSSR count). The highest BCUT2D eigenvalue weighted by atomic mass is 28.4. The van der Waals surface area contributed by atoms with Gasteiger partial charge in [-0.15, -0.1) is 0 Å². The van der Waals surface area contributed by atoms with E-state index in [9.17, 15) is 24.6 Å². The molecule has 0 spiro atoms. The Kier molecular flexibility index (Phi) is 10.8. The SMILES string of the molecule is C=CC(=O)O[C@@]12CO[C@@H]1C[C@H](O[Si](CC)(CC)CC)[C@@]1(C)C(=O)[C@H](OC(C)=O)C3=C(C)[C@@H](O)C[C@@](O)([C@@H](OC(=O)c4cccc(OC)c4)[C@H]21)C3(C)C. The molecule has 1 aromatic carbocycles. The van der Waals surface area contributed by atoms with Gasteiger partial charge in [0.2, 0.25) is 0 Å². The number of rotatable bonds is 11. The summed E-state index contributed by atoms with van der Waals surface area (Å²) in [5.41, 5.74) is -6.27. The summed E-state index contributed by atoms with van der Waals surface area (Å²) >= 11 is 0. The number of fused-ring (bicyclic) bond motifs is 5. The minimum absolute atomic E-state index is 0.105. The van der Waals surface area contributed by atoms with E-state index in [-0.39, 0.29) is 30.6 Å². The third-order valence-electron chi connectivity index (χ3n) is 12.9. The highest BCUT2D eigenvalue weighted by molar-refractivity contribution is 6.73. The van der Waals surface area contributed by atoms with E-state index < -0.39 is 90.5 Å². The quantitative estimate of drug-likeness (QED) is 0.104.